The standard InChI is InChI=1S/C17H16N2O3S2/c1-12-5-6-13(17-4-3-7-23-17)8-16(12)19-24(20,21)15-9-14(22-2)10-18-11-15/h3-11,19H,1-2H3. The van der Waals surface area contributed by atoms with Crippen molar-refractivity contribution in [3.05, 3.63) is 59.7 Å². The molecule has 2 aromatic heterocycles. The normalized spacial score (nSPS) is 11.2. The van der Waals surface area contributed by atoms with Crippen molar-refractivity contribution >= 4 is 27.0 Å². The Morgan fingerprint density at radius 3 is 2.71 bits per heavy atom. The Bertz CT molecular complexity index is 952. The summed E-state index contributed by atoms with van der Waals surface area (Å²) in [7, 11) is -2.28. The van der Waals surface area contributed by atoms with E-state index in [-0.39, 0.29) is 4.90 Å². The summed E-state index contributed by atoms with van der Waals surface area (Å²) in [6.45, 7) is 1.86. The number of rotatable bonds is 5. The Morgan fingerprint density at radius 2 is 2.00 bits per heavy atom. The maximum Gasteiger partial charge on any atom is 0.263 e. The lowest BCUT2D eigenvalue weighted by atomic mass is 10.1. The molecule has 7 heteroatoms. The maximum absolute atomic E-state index is 12.6. The highest BCUT2D eigenvalue weighted by Crippen LogP contribution is 2.30. The predicted octanol–water partition coefficient (Wildman–Crippen LogP) is 3.93. The zero-order valence-electron chi connectivity index (χ0n) is 13.2. The lowest BCUT2D eigenvalue weighted by Gasteiger charge is -2.12. The number of hydrogen-bond donors (Lipinski definition) is 1. The van der Waals surface area contributed by atoms with Crippen molar-refractivity contribution in [2.75, 3.05) is 11.8 Å². The molecule has 0 saturated carbocycles. The molecule has 0 fully saturated rings. The van der Waals surface area contributed by atoms with Gasteiger partial charge in [0.15, 0.2) is 0 Å². The molecular weight excluding hydrogens is 344 g/mol. The average molecular weight is 360 g/mol. The van der Waals surface area contributed by atoms with E-state index in [4.69, 9.17) is 4.74 Å². The lowest BCUT2D eigenvalue weighted by molar-refractivity contribution is 0.411. The highest BCUT2D eigenvalue weighted by molar-refractivity contribution is 7.92. The molecule has 0 atom stereocenters. The first-order valence-electron chi connectivity index (χ1n) is 7.16. The minimum Gasteiger partial charge on any atom is -0.495 e. The second-order valence-electron chi connectivity index (χ2n) is 5.17. The molecule has 0 aliphatic heterocycles. The molecule has 5 nitrogen and oxygen atoms in total. The Kier molecular flexibility index (Phi) is 4.55. The van der Waals surface area contributed by atoms with Gasteiger partial charge in [0.05, 0.1) is 19.0 Å². The van der Waals surface area contributed by atoms with Crippen LogP contribution in [0, 0.1) is 6.92 Å². The van der Waals surface area contributed by atoms with Gasteiger partial charge >= 0.3 is 0 Å². The van der Waals surface area contributed by atoms with E-state index in [1.165, 1.54) is 25.6 Å². The highest BCUT2D eigenvalue weighted by Gasteiger charge is 2.17. The van der Waals surface area contributed by atoms with Crippen molar-refractivity contribution in [1.82, 2.24) is 4.98 Å². The number of anilines is 1. The molecule has 24 heavy (non-hydrogen) atoms. The number of pyridine rings is 1. The van der Waals surface area contributed by atoms with Crippen molar-refractivity contribution in [1.29, 1.82) is 0 Å². The van der Waals surface area contributed by atoms with Gasteiger partial charge in [0.2, 0.25) is 0 Å². The van der Waals surface area contributed by atoms with Crippen LogP contribution in [0.4, 0.5) is 5.69 Å². The number of benzene rings is 1. The van der Waals surface area contributed by atoms with Crippen LogP contribution in [0.25, 0.3) is 10.4 Å². The molecule has 0 amide bonds. The van der Waals surface area contributed by atoms with E-state index in [0.717, 1.165) is 16.0 Å². The third-order valence-electron chi connectivity index (χ3n) is 3.52. The summed E-state index contributed by atoms with van der Waals surface area (Å²) < 4.78 is 32.9. The third kappa shape index (κ3) is 3.42. The Balaban J connectivity index is 1.96. The van der Waals surface area contributed by atoms with E-state index in [9.17, 15) is 8.42 Å². The minimum absolute atomic E-state index is 0.0581. The van der Waals surface area contributed by atoms with Gasteiger partial charge < -0.3 is 4.74 Å². The molecule has 0 radical (unpaired) electrons. The molecule has 3 aromatic rings. The lowest BCUT2D eigenvalue weighted by Crippen LogP contribution is -2.14. The smallest absolute Gasteiger partial charge is 0.263 e. The number of hydrogen-bond acceptors (Lipinski definition) is 5. The molecule has 1 N–H and O–H groups in total. The number of methoxy groups -OCH3 is 1. The van der Waals surface area contributed by atoms with E-state index in [2.05, 4.69) is 9.71 Å². The van der Waals surface area contributed by atoms with Crippen LogP contribution < -0.4 is 9.46 Å². The topological polar surface area (TPSA) is 68.3 Å². The summed E-state index contributed by atoms with van der Waals surface area (Å²) in [5, 5.41) is 1.99. The number of ether oxygens (including phenoxy) is 1. The van der Waals surface area contributed by atoms with Gasteiger partial charge in [0.1, 0.15) is 10.6 Å². The van der Waals surface area contributed by atoms with Crippen LogP contribution in [0.1, 0.15) is 5.56 Å². The Labute approximate surface area is 145 Å². The second kappa shape index (κ2) is 6.62. The predicted molar refractivity (Wildman–Crippen MR) is 96.1 cm³/mol. The molecule has 0 spiro atoms. The van der Waals surface area contributed by atoms with Crippen LogP contribution in [-0.2, 0) is 10.0 Å². The van der Waals surface area contributed by atoms with Crippen LogP contribution >= 0.6 is 11.3 Å². The molecular formula is C17H16N2O3S2. The molecule has 3 rings (SSSR count). The molecule has 0 aliphatic carbocycles. The van der Waals surface area contributed by atoms with Gasteiger partial charge in [-0.1, -0.05) is 18.2 Å². The van der Waals surface area contributed by atoms with Crippen LogP contribution in [-0.4, -0.2) is 20.5 Å². The maximum atomic E-state index is 12.6. The summed E-state index contributed by atoms with van der Waals surface area (Å²) in [5.74, 6) is 0.391. The second-order valence-corrected chi connectivity index (χ2v) is 7.80. The zero-order chi connectivity index (χ0) is 17.2. The number of nitrogens with one attached hydrogen (secondary N) is 1. The summed E-state index contributed by atoms with van der Waals surface area (Å²) in [4.78, 5) is 5.04. The summed E-state index contributed by atoms with van der Waals surface area (Å²) in [6.07, 6.45) is 2.75. The highest BCUT2D eigenvalue weighted by atomic mass is 32.2. The number of thiophene rings is 1. The summed E-state index contributed by atoms with van der Waals surface area (Å²) in [5.41, 5.74) is 2.36. The van der Waals surface area contributed by atoms with E-state index in [1.54, 1.807) is 11.3 Å². The van der Waals surface area contributed by atoms with E-state index < -0.39 is 10.0 Å². The van der Waals surface area contributed by atoms with E-state index >= 15 is 0 Å². The molecule has 124 valence electrons. The summed E-state index contributed by atoms with van der Waals surface area (Å²) >= 11 is 1.61. The van der Waals surface area contributed by atoms with Gasteiger partial charge in [-0.25, -0.2) is 8.42 Å². The Morgan fingerprint density at radius 1 is 1.17 bits per heavy atom. The SMILES string of the molecule is COc1cncc(S(=O)(=O)Nc2cc(-c3cccs3)ccc2C)c1. The average Bonchev–Trinajstić information content (AvgIpc) is 3.11. The Hall–Kier alpha value is -2.38. The molecule has 0 bridgehead atoms. The van der Waals surface area contributed by atoms with Crippen molar-refractivity contribution in [2.45, 2.75) is 11.8 Å². The van der Waals surface area contributed by atoms with Crippen molar-refractivity contribution < 1.29 is 13.2 Å². The van der Waals surface area contributed by atoms with E-state index in [0.29, 0.717) is 11.4 Å². The number of aromatic nitrogens is 1. The van der Waals surface area contributed by atoms with Crippen molar-refractivity contribution in [2.24, 2.45) is 0 Å². The summed E-state index contributed by atoms with van der Waals surface area (Å²) in [6, 6.07) is 11.1. The first kappa shape index (κ1) is 16.5. The van der Waals surface area contributed by atoms with E-state index in [1.807, 2.05) is 42.6 Å². The number of sulfonamides is 1. The van der Waals surface area contributed by atoms with Crippen LogP contribution in [0.15, 0.2) is 59.1 Å². The molecule has 0 saturated heterocycles. The fourth-order valence-corrected chi connectivity index (χ4v) is 4.01. The van der Waals surface area contributed by atoms with Gasteiger partial charge in [-0.05, 0) is 35.6 Å². The number of aryl methyl sites for hydroxylation is 1. The van der Waals surface area contributed by atoms with Gasteiger partial charge in [-0.2, -0.15) is 0 Å². The van der Waals surface area contributed by atoms with Crippen molar-refractivity contribution in [3.63, 3.8) is 0 Å². The zero-order valence-corrected chi connectivity index (χ0v) is 14.8. The molecule has 0 aliphatic rings. The molecule has 0 unspecified atom stereocenters. The van der Waals surface area contributed by atoms with Gasteiger partial charge in [-0.15, -0.1) is 11.3 Å². The van der Waals surface area contributed by atoms with Crippen LogP contribution in [0.5, 0.6) is 5.75 Å². The minimum atomic E-state index is -3.74. The fraction of sp³-hybridized carbons (Fsp3) is 0.118. The third-order valence-corrected chi connectivity index (χ3v) is 5.77. The van der Waals surface area contributed by atoms with Crippen LogP contribution in [0.2, 0.25) is 0 Å². The van der Waals surface area contributed by atoms with Crippen molar-refractivity contribution in [3.8, 4) is 16.2 Å². The molecule has 1 aromatic carbocycles. The largest absolute Gasteiger partial charge is 0.495 e. The molecule has 2 heterocycles. The monoisotopic (exact) mass is 360 g/mol. The van der Waals surface area contributed by atoms with Gasteiger partial charge in [0, 0.05) is 17.1 Å². The first-order chi connectivity index (χ1) is 11.5. The van der Waals surface area contributed by atoms with Gasteiger partial charge in [-0.3, -0.25) is 9.71 Å². The van der Waals surface area contributed by atoms with Gasteiger partial charge in [0.25, 0.3) is 10.0 Å². The quantitative estimate of drug-likeness (QED) is 0.748. The van der Waals surface area contributed by atoms with Crippen LogP contribution in [0.3, 0.4) is 0 Å². The first-order valence-corrected chi connectivity index (χ1v) is 9.52. The number of nitrogens with zero attached hydrogens (tertiary/aromatic N) is 1. The fourth-order valence-electron chi connectivity index (χ4n) is 2.19.